The molecule has 1 aromatic heterocycles. The summed E-state index contributed by atoms with van der Waals surface area (Å²) in [5, 5.41) is 22.4. The second-order valence-corrected chi connectivity index (χ2v) is 9.54. The van der Waals surface area contributed by atoms with E-state index in [1.54, 1.807) is 0 Å². The molecule has 0 spiro atoms. The fourth-order valence-corrected chi connectivity index (χ4v) is 5.33. The van der Waals surface area contributed by atoms with Crippen molar-refractivity contribution in [1.82, 2.24) is 10.1 Å². The maximum absolute atomic E-state index is 13.0. The van der Waals surface area contributed by atoms with E-state index < -0.39 is 27.8 Å². The Morgan fingerprint density at radius 3 is 2.73 bits per heavy atom. The van der Waals surface area contributed by atoms with Gasteiger partial charge >= 0.3 is 195 Å². The average Bonchev–Trinajstić information content (AvgIpc) is 3.26. The SMILES string of the molecule is N#Cc1ccc([As]C(=O)c2noc3c2CN(C(=O)OCc2ccccc2)CC3)c(C(=O)O)c1. The van der Waals surface area contributed by atoms with Crippen LogP contribution in [0.5, 0.6) is 0 Å². The molecule has 1 radical (unpaired) electrons. The van der Waals surface area contributed by atoms with Gasteiger partial charge in [-0.2, -0.15) is 0 Å². The zero-order chi connectivity index (χ0) is 23.4. The fraction of sp³-hybridized carbons (Fsp3) is 0.174. The predicted octanol–water partition coefficient (Wildman–Crippen LogP) is 2.11. The number of nitrogens with zero attached hydrogens (tertiary/aromatic N) is 3. The topological polar surface area (TPSA) is 134 Å². The van der Waals surface area contributed by atoms with Crippen molar-refractivity contribution in [3.05, 3.63) is 82.2 Å². The van der Waals surface area contributed by atoms with Crippen LogP contribution < -0.4 is 4.35 Å². The molecule has 0 atom stereocenters. The number of rotatable bonds is 6. The molecule has 4 rings (SSSR count). The van der Waals surface area contributed by atoms with Crippen molar-refractivity contribution < 1.29 is 28.8 Å². The molecule has 1 N–H and O–H groups in total. The molecule has 2 heterocycles. The Balaban J connectivity index is 1.47. The van der Waals surface area contributed by atoms with Crippen molar-refractivity contribution in [3.63, 3.8) is 0 Å². The van der Waals surface area contributed by atoms with E-state index in [0.717, 1.165) is 5.56 Å². The number of fused-ring (bicyclic) bond motifs is 1. The van der Waals surface area contributed by atoms with Crippen molar-refractivity contribution in [1.29, 1.82) is 5.26 Å². The summed E-state index contributed by atoms with van der Waals surface area (Å²) >= 11 is -1.26. The number of hydrogen-bond donors (Lipinski definition) is 1. The number of nitriles is 1. The van der Waals surface area contributed by atoms with Crippen LogP contribution >= 0.6 is 0 Å². The molecule has 3 aromatic rings. The molecule has 1 amide bonds. The molecule has 1 aliphatic heterocycles. The molecule has 0 saturated heterocycles. The van der Waals surface area contributed by atoms with Crippen molar-refractivity contribution in [2.45, 2.75) is 19.6 Å². The molecule has 33 heavy (non-hydrogen) atoms. The minimum atomic E-state index is -1.26. The Hall–Kier alpha value is -3.89. The van der Waals surface area contributed by atoms with Crippen LogP contribution in [0.1, 0.15) is 43.3 Å². The number of carbonyl (C=O) groups excluding carboxylic acids is 2. The number of aromatic carboxylic acids is 1. The van der Waals surface area contributed by atoms with Gasteiger partial charge in [-0.3, -0.25) is 0 Å². The van der Waals surface area contributed by atoms with E-state index in [0.29, 0.717) is 28.6 Å². The monoisotopic (exact) mass is 506 g/mol. The van der Waals surface area contributed by atoms with Crippen LogP contribution in [0, 0.1) is 11.3 Å². The zero-order valence-electron chi connectivity index (χ0n) is 17.2. The first kappa shape index (κ1) is 22.3. The third-order valence-electron chi connectivity index (χ3n) is 5.07. The number of aromatic nitrogens is 1. The van der Waals surface area contributed by atoms with Crippen LogP contribution in [0.4, 0.5) is 4.79 Å². The van der Waals surface area contributed by atoms with Crippen LogP contribution in [0.15, 0.2) is 53.1 Å². The number of amides is 1. The van der Waals surface area contributed by atoms with Gasteiger partial charge < -0.3 is 0 Å². The van der Waals surface area contributed by atoms with Crippen LogP contribution in [-0.4, -0.2) is 54.1 Å². The van der Waals surface area contributed by atoms with Crippen molar-refractivity contribution in [2.24, 2.45) is 0 Å². The molecule has 10 heteroatoms. The Labute approximate surface area is 195 Å². The Bertz CT molecular complexity index is 1260. The summed E-state index contributed by atoms with van der Waals surface area (Å²) < 4.78 is 10.7. The van der Waals surface area contributed by atoms with Crippen LogP contribution in [-0.2, 0) is 24.3 Å². The molecule has 0 bridgehead atoms. The summed E-state index contributed by atoms with van der Waals surface area (Å²) in [5.74, 6) is -0.676. The van der Waals surface area contributed by atoms with Gasteiger partial charge in [0.15, 0.2) is 0 Å². The molecular weight excluding hydrogens is 489 g/mol. The van der Waals surface area contributed by atoms with Gasteiger partial charge in [-0.05, 0) is 0 Å². The van der Waals surface area contributed by atoms with Gasteiger partial charge in [-0.15, -0.1) is 0 Å². The maximum atomic E-state index is 13.0. The number of carboxylic acid groups (broad SMARTS) is 1. The molecule has 9 nitrogen and oxygen atoms in total. The van der Waals surface area contributed by atoms with Crippen molar-refractivity contribution >= 4 is 36.7 Å². The second-order valence-electron chi connectivity index (χ2n) is 7.21. The van der Waals surface area contributed by atoms with Crippen LogP contribution in [0.25, 0.3) is 0 Å². The second kappa shape index (κ2) is 9.72. The van der Waals surface area contributed by atoms with Gasteiger partial charge in [0, 0.05) is 0 Å². The van der Waals surface area contributed by atoms with Crippen molar-refractivity contribution in [3.8, 4) is 6.07 Å². The van der Waals surface area contributed by atoms with E-state index in [1.807, 2.05) is 36.4 Å². The summed E-state index contributed by atoms with van der Waals surface area (Å²) in [5.41, 5.74) is 1.61. The molecule has 165 valence electrons. The van der Waals surface area contributed by atoms with Gasteiger partial charge in [0.1, 0.15) is 0 Å². The van der Waals surface area contributed by atoms with Gasteiger partial charge in [0.2, 0.25) is 0 Å². The molecule has 0 unspecified atom stereocenters. The van der Waals surface area contributed by atoms with E-state index >= 15 is 0 Å². The third-order valence-corrected chi connectivity index (χ3v) is 7.27. The van der Waals surface area contributed by atoms with E-state index in [4.69, 9.17) is 14.5 Å². The summed E-state index contributed by atoms with van der Waals surface area (Å²) in [6, 6.07) is 15.4. The molecule has 0 aliphatic carbocycles. The van der Waals surface area contributed by atoms with E-state index in [1.165, 1.54) is 23.1 Å². The summed E-state index contributed by atoms with van der Waals surface area (Å²) in [7, 11) is 0. The third kappa shape index (κ3) is 4.97. The number of carbonyl (C=O) groups is 3. The number of carboxylic acids is 1. The summed E-state index contributed by atoms with van der Waals surface area (Å²) in [4.78, 5) is 38.6. The standard InChI is InChI=1S/C23H17AsN3O6/c25-11-15-6-7-18(16(10-15)22(29)30)24-21(28)20-17-12-27(9-8-19(17)33-26-20)23(31)32-13-14-4-2-1-3-5-14/h1-7,10H,8-9,12-13H2,(H,29,30). The molecule has 0 saturated carbocycles. The Kier molecular flexibility index (Phi) is 6.57. The van der Waals surface area contributed by atoms with Gasteiger partial charge in [0.05, 0.1) is 0 Å². The summed E-state index contributed by atoms with van der Waals surface area (Å²) in [6.45, 7) is 0.629. The van der Waals surface area contributed by atoms with Crippen molar-refractivity contribution in [2.75, 3.05) is 6.54 Å². The molecule has 0 fully saturated rings. The van der Waals surface area contributed by atoms with Gasteiger partial charge in [-0.1, -0.05) is 0 Å². The van der Waals surface area contributed by atoms with E-state index in [-0.39, 0.29) is 34.5 Å². The summed E-state index contributed by atoms with van der Waals surface area (Å²) in [6.07, 6.45) is -0.110. The minimum absolute atomic E-state index is 0.0779. The van der Waals surface area contributed by atoms with Crippen LogP contribution in [0.3, 0.4) is 0 Å². The first-order chi connectivity index (χ1) is 16.0. The first-order valence-electron chi connectivity index (χ1n) is 9.93. The average molecular weight is 506 g/mol. The first-order valence-corrected chi connectivity index (χ1v) is 11.8. The zero-order valence-corrected chi connectivity index (χ0v) is 19.1. The number of hydrogen-bond acceptors (Lipinski definition) is 7. The normalized spacial score (nSPS) is 12.9. The molecule has 2 aromatic carbocycles. The van der Waals surface area contributed by atoms with E-state index in [2.05, 4.69) is 5.16 Å². The Morgan fingerprint density at radius 2 is 2.00 bits per heavy atom. The predicted molar refractivity (Wildman–Crippen MR) is 115 cm³/mol. The van der Waals surface area contributed by atoms with Gasteiger partial charge in [0.25, 0.3) is 0 Å². The fourth-order valence-electron chi connectivity index (χ4n) is 3.38. The number of ether oxygens (including phenoxy) is 1. The Morgan fingerprint density at radius 1 is 1.21 bits per heavy atom. The number of benzene rings is 2. The van der Waals surface area contributed by atoms with Crippen LogP contribution in [0.2, 0.25) is 0 Å². The quantitative estimate of drug-likeness (QED) is 0.503. The molecular formula is C23H17AsN3O6. The van der Waals surface area contributed by atoms with Gasteiger partial charge in [-0.25, -0.2) is 0 Å². The van der Waals surface area contributed by atoms with E-state index in [9.17, 15) is 19.5 Å². The molecule has 1 aliphatic rings.